The van der Waals surface area contributed by atoms with Crippen molar-refractivity contribution in [3.05, 3.63) is 52.7 Å². The van der Waals surface area contributed by atoms with Crippen LogP contribution in [0.15, 0.2) is 47.8 Å². The highest BCUT2D eigenvalue weighted by molar-refractivity contribution is 7.10. The predicted molar refractivity (Wildman–Crippen MR) is 82.7 cm³/mol. The summed E-state index contributed by atoms with van der Waals surface area (Å²) in [4.78, 5) is 3.20. The van der Waals surface area contributed by atoms with Crippen LogP contribution in [-0.2, 0) is 0 Å². The Labute approximate surface area is 119 Å². The molecule has 0 spiro atoms. The van der Waals surface area contributed by atoms with E-state index in [0.29, 0.717) is 5.92 Å². The Bertz CT molecular complexity index is 481. The molecule has 0 aliphatic heterocycles. The molecule has 2 atom stereocenters. The third-order valence-corrected chi connectivity index (χ3v) is 4.39. The lowest BCUT2D eigenvalue weighted by molar-refractivity contribution is 0.126. The van der Waals surface area contributed by atoms with Crippen molar-refractivity contribution in [1.82, 2.24) is 0 Å². The maximum atomic E-state index is 10.6. The molecule has 1 aromatic heterocycles. The minimum Gasteiger partial charge on any atom is -0.385 e. The van der Waals surface area contributed by atoms with Crippen LogP contribution in [-0.4, -0.2) is 18.2 Å². The van der Waals surface area contributed by atoms with Gasteiger partial charge in [0, 0.05) is 17.6 Å². The molecule has 0 saturated carbocycles. The van der Waals surface area contributed by atoms with Gasteiger partial charge in [0.2, 0.25) is 0 Å². The second-order valence-corrected chi connectivity index (χ2v) is 6.12. The van der Waals surface area contributed by atoms with E-state index < -0.39 is 6.10 Å². The fourth-order valence-corrected chi connectivity index (χ4v) is 3.24. The van der Waals surface area contributed by atoms with Crippen LogP contribution in [0.4, 0.5) is 5.69 Å². The average molecular weight is 275 g/mol. The van der Waals surface area contributed by atoms with Crippen LogP contribution in [0.25, 0.3) is 0 Å². The smallest absolute Gasteiger partial charge is 0.109 e. The van der Waals surface area contributed by atoms with Crippen LogP contribution in [0, 0.1) is 5.92 Å². The number of nitrogens with zero attached hydrogens (tertiary/aromatic N) is 1. The third kappa shape index (κ3) is 3.17. The minimum absolute atomic E-state index is 0.0704. The van der Waals surface area contributed by atoms with E-state index in [9.17, 15) is 5.11 Å². The first-order valence-electron chi connectivity index (χ1n) is 6.60. The summed E-state index contributed by atoms with van der Waals surface area (Å²) in [7, 11) is 2.05. The normalized spacial score (nSPS) is 14.4. The molecule has 0 amide bonds. The van der Waals surface area contributed by atoms with E-state index in [1.165, 1.54) is 0 Å². The number of thiophene rings is 1. The summed E-state index contributed by atoms with van der Waals surface area (Å²) in [5, 5.41) is 12.7. The molecule has 1 aromatic carbocycles. The summed E-state index contributed by atoms with van der Waals surface area (Å²) in [6.45, 7) is 4.31. The quantitative estimate of drug-likeness (QED) is 0.893. The highest BCUT2D eigenvalue weighted by Crippen LogP contribution is 2.31. The standard InChI is InChI=1S/C16H21NOS/c1-12(2)15(16(18)14-10-7-11-19-14)17(3)13-8-5-4-6-9-13/h4-12,15-16,18H,1-3H3/t15-,16?/m0/s1. The summed E-state index contributed by atoms with van der Waals surface area (Å²) in [6, 6.07) is 14.3. The van der Waals surface area contributed by atoms with Gasteiger partial charge in [0.25, 0.3) is 0 Å². The van der Waals surface area contributed by atoms with E-state index in [1.807, 2.05) is 35.7 Å². The SMILES string of the molecule is CC(C)[C@@H](C(O)c1cccs1)N(C)c1ccccc1. The molecule has 0 bridgehead atoms. The van der Waals surface area contributed by atoms with E-state index in [4.69, 9.17) is 0 Å². The third-order valence-electron chi connectivity index (χ3n) is 3.45. The lowest BCUT2D eigenvalue weighted by Gasteiger charge is -2.36. The zero-order valence-electron chi connectivity index (χ0n) is 11.7. The second kappa shape index (κ2) is 6.22. The van der Waals surface area contributed by atoms with Crippen molar-refractivity contribution in [1.29, 1.82) is 0 Å². The van der Waals surface area contributed by atoms with Crippen molar-refractivity contribution in [2.24, 2.45) is 5.92 Å². The van der Waals surface area contributed by atoms with Gasteiger partial charge in [-0.15, -0.1) is 11.3 Å². The van der Waals surface area contributed by atoms with E-state index in [2.05, 4.69) is 37.9 Å². The molecule has 102 valence electrons. The van der Waals surface area contributed by atoms with Crippen LogP contribution in [0.3, 0.4) is 0 Å². The summed E-state index contributed by atoms with van der Waals surface area (Å²) in [6.07, 6.45) is -0.454. The van der Waals surface area contributed by atoms with Crippen LogP contribution in [0.5, 0.6) is 0 Å². The lowest BCUT2D eigenvalue weighted by Crippen LogP contribution is -2.40. The summed E-state index contributed by atoms with van der Waals surface area (Å²) >= 11 is 1.61. The fourth-order valence-electron chi connectivity index (χ4n) is 2.49. The molecule has 2 rings (SSSR count). The van der Waals surface area contributed by atoms with Gasteiger partial charge in [-0.2, -0.15) is 0 Å². The van der Waals surface area contributed by atoms with Crippen LogP contribution in [0.2, 0.25) is 0 Å². The number of hydrogen-bond donors (Lipinski definition) is 1. The first-order valence-corrected chi connectivity index (χ1v) is 7.48. The van der Waals surface area contributed by atoms with Gasteiger partial charge in [-0.3, -0.25) is 0 Å². The first kappa shape index (κ1) is 14.1. The fraction of sp³-hybridized carbons (Fsp3) is 0.375. The Hall–Kier alpha value is -1.32. The molecule has 1 heterocycles. The molecule has 2 nitrogen and oxygen atoms in total. The Morgan fingerprint density at radius 1 is 1.05 bits per heavy atom. The number of aliphatic hydroxyl groups is 1. The van der Waals surface area contributed by atoms with Gasteiger partial charge in [0.05, 0.1) is 6.04 Å². The van der Waals surface area contributed by atoms with Gasteiger partial charge in [-0.05, 0) is 29.5 Å². The Morgan fingerprint density at radius 2 is 1.74 bits per heavy atom. The summed E-state index contributed by atoms with van der Waals surface area (Å²) < 4.78 is 0. The minimum atomic E-state index is -0.454. The van der Waals surface area contributed by atoms with Gasteiger partial charge < -0.3 is 10.0 Å². The number of benzene rings is 1. The number of rotatable bonds is 5. The molecule has 2 aromatic rings. The molecule has 3 heteroatoms. The molecule has 0 aliphatic rings. The maximum Gasteiger partial charge on any atom is 0.109 e. The predicted octanol–water partition coefficient (Wildman–Crippen LogP) is 3.94. The molecular weight excluding hydrogens is 254 g/mol. The van der Waals surface area contributed by atoms with Crippen molar-refractivity contribution < 1.29 is 5.11 Å². The largest absolute Gasteiger partial charge is 0.385 e. The van der Waals surface area contributed by atoms with Gasteiger partial charge >= 0.3 is 0 Å². The molecule has 0 aliphatic carbocycles. The Morgan fingerprint density at radius 3 is 2.26 bits per heavy atom. The highest BCUT2D eigenvalue weighted by atomic mass is 32.1. The number of aliphatic hydroxyl groups excluding tert-OH is 1. The van der Waals surface area contributed by atoms with Gasteiger partial charge in [0.1, 0.15) is 6.10 Å². The van der Waals surface area contributed by atoms with E-state index in [1.54, 1.807) is 11.3 Å². The molecule has 19 heavy (non-hydrogen) atoms. The Kier molecular flexibility index (Phi) is 4.61. The van der Waals surface area contributed by atoms with Crippen LogP contribution in [0.1, 0.15) is 24.8 Å². The van der Waals surface area contributed by atoms with Crippen molar-refractivity contribution in [3.8, 4) is 0 Å². The highest BCUT2D eigenvalue weighted by Gasteiger charge is 2.28. The summed E-state index contributed by atoms with van der Waals surface area (Å²) in [5.74, 6) is 0.363. The topological polar surface area (TPSA) is 23.5 Å². The summed E-state index contributed by atoms with van der Waals surface area (Å²) in [5.41, 5.74) is 1.14. The average Bonchev–Trinajstić information content (AvgIpc) is 2.93. The second-order valence-electron chi connectivity index (χ2n) is 5.14. The van der Waals surface area contributed by atoms with Crippen molar-refractivity contribution in [2.45, 2.75) is 26.0 Å². The van der Waals surface area contributed by atoms with E-state index in [-0.39, 0.29) is 6.04 Å². The monoisotopic (exact) mass is 275 g/mol. The molecule has 1 N–H and O–H groups in total. The Balaban J connectivity index is 2.25. The lowest BCUT2D eigenvalue weighted by atomic mass is 9.95. The maximum absolute atomic E-state index is 10.6. The molecule has 0 fully saturated rings. The van der Waals surface area contributed by atoms with Crippen molar-refractivity contribution in [2.75, 3.05) is 11.9 Å². The molecular formula is C16H21NOS. The first-order chi connectivity index (χ1) is 9.11. The number of anilines is 1. The molecule has 1 unspecified atom stereocenters. The van der Waals surface area contributed by atoms with Gasteiger partial charge in [-0.25, -0.2) is 0 Å². The van der Waals surface area contributed by atoms with Crippen molar-refractivity contribution in [3.63, 3.8) is 0 Å². The zero-order valence-corrected chi connectivity index (χ0v) is 12.5. The van der Waals surface area contributed by atoms with E-state index >= 15 is 0 Å². The number of para-hydroxylation sites is 1. The van der Waals surface area contributed by atoms with E-state index in [0.717, 1.165) is 10.6 Å². The number of likely N-dealkylation sites (N-methyl/N-ethyl adjacent to an activating group) is 1. The van der Waals surface area contributed by atoms with Gasteiger partial charge in [0.15, 0.2) is 0 Å². The zero-order chi connectivity index (χ0) is 13.8. The van der Waals surface area contributed by atoms with Crippen LogP contribution < -0.4 is 4.90 Å². The molecule has 0 saturated heterocycles. The van der Waals surface area contributed by atoms with Gasteiger partial charge in [-0.1, -0.05) is 38.1 Å². The van der Waals surface area contributed by atoms with Crippen molar-refractivity contribution >= 4 is 17.0 Å². The molecule has 0 radical (unpaired) electrons. The van der Waals surface area contributed by atoms with Crippen LogP contribution >= 0.6 is 11.3 Å². The number of hydrogen-bond acceptors (Lipinski definition) is 3.